The van der Waals surface area contributed by atoms with E-state index in [0.717, 1.165) is 6.29 Å². The molecular weight excluding hydrogens is 278 g/mol. The molecule has 2 N–H and O–H groups in total. The molecule has 0 aliphatic heterocycles. The van der Waals surface area contributed by atoms with Gasteiger partial charge in [-0.15, -0.1) is 11.3 Å². The molecule has 0 unspecified atom stereocenters. The lowest BCUT2D eigenvalue weighted by Gasteiger charge is -2.11. The molecule has 0 aliphatic rings. The number of nitrogens with two attached hydrogens (primary N) is 1. The van der Waals surface area contributed by atoms with Crippen molar-refractivity contribution in [3.8, 4) is 10.4 Å². The van der Waals surface area contributed by atoms with Crippen LogP contribution in [0.4, 0.5) is 0 Å². The molecule has 21 heavy (non-hydrogen) atoms. The van der Waals surface area contributed by atoms with E-state index in [1.807, 2.05) is 32.1 Å². The third-order valence-corrected chi connectivity index (χ3v) is 3.96. The highest BCUT2D eigenvalue weighted by Crippen LogP contribution is 2.27. The van der Waals surface area contributed by atoms with Gasteiger partial charge in [-0.1, -0.05) is 45.0 Å². The lowest BCUT2D eigenvalue weighted by Crippen LogP contribution is -2.04. The summed E-state index contributed by atoms with van der Waals surface area (Å²) in [5, 5.41) is 0. The predicted octanol–water partition coefficient (Wildman–Crippen LogP) is 4.80. The fraction of sp³-hybridized carbons (Fsp3) is 0.389. The van der Waals surface area contributed by atoms with Gasteiger partial charge in [0.05, 0.1) is 0 Å². The van der Waals surface area contributed by atoms with Crippen LogP contribution in [0.5, 0.6) is 0 Å². The van der Waals surface area contributed by atoms with Crippen molar-refractivity contribution in [1.29, 1.82) is 0 Å². The quantitative estimate of drug-likeness (QED) is 0.827. The molecule has 0 fully saturated rings. The third-order valence-electron chi connectivity index (χ3n) is 2.91. The van der Waals surface area contributed by atoms with Crippen molar-refractivity contribution < 1.29 is 4.79 Å². The first-order chi connectivity index (χ1) is 9.85. The van der Waals surface area contributed by atoms with E-state index in [2.05, 4.69) is 43.3 Å². The van der Waals surface area contributed by atoms with Gasteiger partial charge >= 0.3 is 0 Å². The number of benzene rings is 1. The van der Waals surface area contributed by atoms with E-state index in [-0.39, 0.29) is 5.41 Å². The van der Waals surface area contributed by atoms with E-state index >= 15 is 0 Å². The predicted molar refractivity (Wildman–Crippen MR) is 92.5 cm³/mol. The second-order valence-electron chi connectivity index (χ2n) is 6.24. The minimum absolute atomic E-state index is 0.182. The zero-order valence-electron chi connectivity index (χ0n) is 13.3. The van der Waals surface area contributed by atoms with E-state index in [1.165, 1.54) is 20.9 Å². The zero-order chi connectivity index (χ0) is 15.9. The summed E-state index contributed by atoms with van der Waals surface area (Å²) in [6, 6.07) is 12.8. The minimum Gasteiger partial charge on any atom is -0.326 e. The summed E-state index contributed by atoms with van der Waals surface area (Å²) in [6.45, 7) is 8.87. The molecule has 0 saturated carbocycles. The lowest BCUT2D eigenvalue weighted by atomic mass is 9.93. The summed E-state index contributed by atoms with van der Waals surface area (Å²) >= 11 is 1.82. The second kappa shape index (κ2) is 8.11. The highest BCUT2D eigenvalue weighted by atomic mass is 32.1. The molecule has 0 spiro atoms. The number of aldehydes is 1. The minimum atomic E-state index is 0.182. The molecule has 0 atom stereocenters. The number of carbonyl (C=O) groups is 1. The Hall–Kier alpha value is -1.45. The Labute approximate surface area is 132 Å². The highest BCUT2D eigenvalue weighted by molar-refractivity contribution is 7.15. The number of hydrogen-bond donors (Lipinski definition) is 1. The van der Waals surface area contributed by atoms with Gasteiger partial charge in [-0.2, -0.15) is 0 Å². The van der Waals surface area contributed by atoms with E-state index in [9.17, 15) is 4.79 Å². The van der Waals surface area contributed by atoms with Crippen molar-refractivity contribution in [2.24, 2.45) is 11.1 Å². The van der Waals surface area contributed by atoms with Gasteiger partial charge in [0, 0.05) is 22.7 Å². The van der Waals surface area contributed by atoms with Gasteiger partial charge in [-0.3, -0.25) is 0 Å². The summed E-state index contributed by atoms with van der Waals surface area (Å²) in [5.74, 6) is 0. The molecule has 1 aromatic carbocycles. The largest absolute Gasteiger partial charge is 0.326 e. The van der Waals surface area contributed by atoms with Crippen LogP contribution in [0, 0.1) is 12.3 Å². The average molecular weight is 303 g/mol. The van der Waals surface area contributed by atoms with Gasteiger partial charge in [-0.25, -0.2) is 0 Å². The Morgan fingerprint density at radius 1 is 1.10 bits per heavy atom. The molecule has 0 bridgehead atoms. The van der Waals surface area contributed by atoms with Crippen LogP contribution < -0.4 is 5.73 Å². The van der Waals surface area contributed by atoms with E-state index in [1.54, 1.807) is 0 Å². The highest BCUT2D eigenvalue weighted by Gasteiger charge is 2.06. The molecule has 1 aromatic heterocycles. The molecule has 0 saturated heterocycles. The zero-order valence-corrected chi connectivity index (χ0v) is 14.2. The lowest BCUT2D eigenvalue weighted by molar-refractivity contribution is -0.109. The van der Waals surface area contributed by atoms with Gasteiger partial charge in [0.1, 0.15) is 6.29 Å². The van der Waals surface area contributed by atoms with Crippen molar-refractivity contribution in [3.05, 3.63) is 46.8 Å². The maximum absolute atomic E-state index is 9.82. The number of carbonyl (C=O) groups excluding carboxylic acids is 1. The summed E-state index contributed by atoms with van der Waals surface area (Å²) in [6.07, 6.45) is 1.62. The Morgan fingerprint density at radius 2 is 1.71 bits per heavy atom. The monoisotopic (exact) mass is 303 g/mol. The van der Waals surface area contributed by atoms with Gasteiger partial charge in [0.15, 0.2) is 0 Å². The van der Waals surface area contributed by atoms with Crippen LogP contribution >= 0.6 is 11.3 Å². The summed E-state index contributed by atoms with van der Waals surface area (Å²) in [5.41, 5.74) is 8.19. The van der Waals surface area contributed by atoms with Crippen LogP contribution in [0.1, 0.15) is 37.6 Å². The number of hydrogen-bond acceptors (Lipinski definition) is 3. The fourth-order valence-corrected chi connectivity index (χ4v) is 2.52. The van der Waals surface area contributed by atoms with Gasteiger partial charge in [0.25, 0.3) is 0 Å². The number of rotatable bonds is 3. The van der Waals surface area contributed by atoms with Crippen LogP contribution in [0.15, 0.2) is 36.4 Å². The van der Waals surface area contributed by atoms with Crippen molar-refractivity contribution in [2.45, 2.75) is 40.7 Å². The van der Waals surface area contributed by atoms with Crippen LogP contribution in [-0.2, 0) is 11.3 Å². The van der Waals surface area contributed by atoms with Gasteiger partial charge in [0.2, 0.25) is 0 Å². The van der Waals surface area contributed by atoms with Crippen LogP contribution in [0.3, 0.4) is 0 Å². The Bertz CT molecular complexity index is 549. The molecule has 2 aromatic rings. The summed E-state index contributed by atoms with van der Waals surface area (Å²) in [4.78, 5) is 12.5. The molecule has 114 valence electrons. The van der Waals surface area contributed by atoms with Crippen molar-refractivity contribution in [2.75, 3.05) is 0 Å². The molecule has 3 heteroatoms. The topological polar surface area (TPSA) is 43.1 Å². The molecule has 0 radical (unpaired) electrons. The van der Waals surface area contributed by atoms with E-state index in [4.69, 9.17) is 5.73 Å². The number of aryl methyl sites for hydroxylation is 1. The first-order valence-electron chi connectivity index (χ1n) is 7.15. The van der Waals surface area contributed by atoms with Gasteiger partial charge < -0.3 is 10.5 Å². The Kier molecular flexibility index (Phi) is 6.79. The van der Waals surface area contributed by atoms with Crippen molar-refractivity contribution in [1.82, 2.24) is 0 Å². The smallest absolute Gasteiger partial charge is 0.120 e. The first kappa shape index (κ1) is 17.6. The fourth-order valence-electron chi connectivity index (χ4n) is 1.64. The van der Waals surface area contributed by atoms with Crippen LogP contribution in [0.25, 0.3) is 10.4 Å². The number of thiophene rings is 1. The Morgan fingerprint density at radius 3 is 2.05 bits per heavy atom. The Balaban J connectivity index is 0.000000270. The first-order valence-corrected chi connectivity index (χ1v) is 7.97. The summed E-state index contributed by atoms with van der Waals surface area (Å²) in [7, 11) is 0. The van der Waals surface area contributed by atoms with Crippen molar-refractivity contribution >= 4 is 17.6 Å². The van der Waals surface area contributed by atoms with Crippen LogP contribution in [-0.4, -0.2) is 6.29 Å². The molecule has 2 nitrogen and oxygen atoms in total. The molecule has 1 heterocycles. The standard InChI is InChI=1S/C12H13NS.C6H12O/c1-9-2-7-12(14-9)11-5-3-10(8-13)4-6-11;1-6(2,3)4-5-7/h2-7H,8,13H2,1H3;5H,4H2,1-3H3. The van der Waals surface area contributed by atoms with E-state index in [0.29, 0.717) is 13.0 Å². The average Bonchev–Trinajstić information content (AvgIpc) is 2.85. The molecule has 0 aliphatic carbocycles. The van der Waals surface area contributed by atoms with Crippen molar-refractivity contribution in [3.63, 3.8) is 0 Å². The second-order valence-corrected chi connectivity index (χ2v) is 7.53. The SMILES string of the molecule is CC(C)(C)CC=O.Cc1ccc(-c2ccc(CN)cc2)s1. The molecule has 2 rings (SSSR count). The maximum atomic E-state index is 9.82. The summed E-state index contributed by atoms with van der Waals surface area (Å²) < 4.78 is 0. The molecule has 0 amide bonds. The van der Waals surface area contributed by atoms with E-state index < -0.39 is 0 Å². The normalized spacial score (nSPS) is 10.7. The third kappa shape index (κ3) is 6.69. The van der Waals surface area contributed by atoms with Crippen LogP contribution in [0.2, 0.25) is 0 Å². The maximum Gasteiger partial charge on any atom is 0.120 e. The van der Waals surface area contributed by atoms with Gasteiger partial charge in [-0.05, 0) is 35.6 Å². The molecular formula is C18H25NOS.